The van der Waals surface area contributed by atoms with Gasteiger partial charge in [0, 0.05) is 49.9 Å². The van der Waals surface area contributed by atoms with Gasteiger partial charge in [0.25, 0.3) is 5.91 Å². The smallest absolute Gasteiger partial charge is 0.254 e. The summed E-state index contributed by atoms with van der Waals surface area (Å²) >= 11 is 0. The van der Waals surface area contributed by atoms with Crippen LogP contribution in [0.2, 0.25) is 0 Å². The van der Waals surface area contributed by atoms with Crippen molar-refractivity contribution in [2.24, 2.45) is 5.92 Å². The summed E-state index contributed by atoms with van der Waals surface area (Å²) in [5.74, 6) is 2.58. The second kappa shape index (κ2) is 11.7. The minimum absolute atomic E-state index is 0.00901. The summed E-state index contributed by atoms with van der Waals surface area (Å²) < 4.78 is 10.8. The monoisotopic (exact) mass is 529 g/mol. The molecule has 5 rings (SSSR count). The Bertz CT molecular complexity index is 1320. The van der Waals surface area contributed by atoms with Crippen molar-refractivity contribution in [3.8, 4) is 22.8 Å². The lowest BCUT2D eigenvalue weighted by atomic mass is 10.1. The van der Waals surface area contributed by atoms with Gasteiger partial charge in [0.2, 0.25) is 5.91 Å². The number of ether oxygens (including phenoxy) is 2. The van der Waals surface area contributed by atoms with Crippen molar-refractivity contribution >= 4 is 17.6 Å². The molecule has 9 nitrogen and oxygen atoms in total. The molecule has 0 atom stereocenters. The zero-order valence-corrected chi connectivity index (χ0v) is 22.8. The van der Waals surface area contributed by atoms with Crippen molar-refractivity contribution in [2.45, 2.75) is 19.8 Å². The van der Waals surface area contributed by atoms with Crippen LogP contribution in [0.5, 0.6) is 11.5 Å². The summed E-state index contributed by atoms with van der Waals surface area (Å²) in [5.41, 5.74) is 3.15. The number of carbonyl (C=O) groups is 2. The molecule has 2 amide bonds. The van der Waals surface area contributed by atoms with E-state index in [0.29, 0.717) is 61.4 Å². The lowest BCUT2D eigenvalue weighted by molar-refractivity contribution is -0.132. The molecule has 2 fully saturated rings. The zero-order valence-electron chi connectivity index (χ0n) is 22.8. The van der Waals surface area contributed by atoms with E-state index in [9.17, 15) is 9.59 Å². The van der Waals surface area contributed by atoms with Crippen molar-refractivity contribution in [3.05, 3.63) is 65.7 Å². The molecule has 204 valence electrons. The van der Waals surface area contributed by atoms with Gasteiger partial charge in [0.15, 0.2) is 5.82 Å². The summed E-state index contributed by atoms with van der Waals surface area (Å²) in [6.45, 7) is 5.14. The Morgan fingerprint density at radius 2 is 1.72 bits per heavy atom. The number of aryl methyl sites for hydroxylation is 1. The fourth-order valence-corrected chi connectivity index (χ4v) is 4.91. The zero-order chi connectivity index (χ0) is 27.4. The minimum Gasteiger partial charge on any atom is -0.497 e. The number of benzene rings is 2. The van der Waals surface area contributed by atoms with E-state index in [0.717, 1.165) is 29.8 Å². The van der Waals surface area contributed by atoms with Crippen LogP contribution in [0.1, 0.15) is 28.8 Å². The number of rotatable bonds is 9. The molecule has 2 aliphatic rings. The van der Waals surface area contributed by atoms with Crippen molar-refractivity contribution in [2.75, 3.05) is 58.4 Å². The number of hydrogen-bond acceptors (Lipinski definition) is 7. The maximum absolute atomic E-state index is 13.3. The topological polar surface area (TPSA) is 88.1 Å². The van der Waals surface area contributed by atoms with E-state index < -0.39 is 0 Å². The summed E-state index contributed by atoms with van der Waals surface area (Å²) in [6.07, 6.45) is 2.24. The van der Waals surface area contributed by atoms with Crippen LogP contribution in [0, 0.1) is 12.8 Å². The predicted molar refractivity (Wildman–Crippen MR) is 149 cm³/mol. The number of hydrogen-bond donors (Lipinski definition) is 0. The third-order valence-corrected chi connectivity index (χ3v) is 7.46. The summed E-state index contributed by atoms with van der Waals surface area (Å²) in [4.78, 5) is 32.3. The van der Waals surface area contributed by atoms with E-state index in [1.54, 1.807) is 19.1 Å². The molecular formula is C30H35N5O4. The Morgan fingerprint density at radius 3 is 2.36 bits per heavy atom. The molecule has 1 aliphatic heterocycles. The highest BCUT2D eigenvalue weighted by molar-refractivity contribution is 5.97. The van der Waals surface area contributed by atoms with Gasteiger partial charge in [0.1, 0.15) is 18.0 Å². The molecule has 2 aromatic carbocycles. The molecule has 0 bridgehead atoms. The molecular weight excluding hydrogens is 494 g/mol. The van der Waals surface area contributed by atoms with Crippen LogP contribution >= 0.6 is 0 Å². The van der Waals surface area contributed by atoms with Gasteiger partial charge in [-0.2, -0.15) is 0 Å². The number of methoxy groups -OCH3 is 2. The number of amides is 2. The molecule has 9 heteroatoms. The lowest BCUT2D eigenvalue weighted by Crippen LogP contribution is -2.52. The van der Waals surface area contributed by atoms with Crippen LogP contribution in [-0.2, 0) is 4.79 Å². The second-order valence-electron chi connectivity index (χ2n) is 10.2. The molecule has 1 saturated carbocycles. The van der Waals surface area contributed by atoms with Crippen LogP contribution in [0.4, 0.5) is 5.82 Å². The Morgan fingerprint density at radius 1 is 0.949 bits per heavy atom. The minimum atomic E-state index is -0.0594. The van der Waals surface area contributed by atoms with Crippen LogP contribution in [0.25, 0.3) is 11.3 Å². The van der Waals surface area contributed by atoms with Gasteiger partial charge in [0.05, 0.1) is 19.9 Å². The largest absolute Gasteiger partial charge is 0.497 e. The highest BCUT2D eigenvalue weighted by atomic mass is 16.5. The van der Waals surface area contributed by atoms with Crippen LogP contribution in [0.3, 0.4) is 0 Å². The highest BCUT2D eigenvalue weighted by Gasteiger charge is 2.31. The number of piperazine rings is 1. The first-order chi connectivity index (χ1) is 19.0. The third-order valence-electron chi connectivity index (χ3n) is 7.46. The summed E-state index contributed by atoms with van der Waals surface area (Å²) in [7, 11) is 3.23. The fraction of sp³-hybridized carbons (Fsp3) is 0.400. The standard InChI is InChI=1S/C30H35N5O4/c1-21-6-4-5-7-24(21)30(37)35(19-22-8-9-22)20-29(36)34-16-14-33(15-17-34)28-13-12-26(31-32-28)25-11-10-23(38-2)18-27(25)39-3/h4-7,10-13,18,22H,8-9,14-17,19-20H2,1-3H3. The maximum Gasteiger partial charge on any atom is 0.254 e. The molecule has 1 aliphatic carbocycles. The maximum atomic E-state index is 13.3. The molecule has 3 aromatic rings. The Labute approximate surface area is 229 Å². The Kier molecular flexibility index (Phi) is 7.95. The van der Waals surface area contributed by atoms with Gasteiger partial charge in [-0.15, -0.1) is 10.2 Å². The summed E-state index contributed by atoms with van der Waals surface area (Å²) in [6, 6.07) is 17.0. The molecule has 2 heterocycles. The van der Waals surface area contributed by atoms with E-state index in [1.165, 1.54) is 0 Å². The molecule has 0 spiro atoms. The molecule has 0 unspecified atom stereocenters. The second-order valence-corrected chi connectivity index (χ2v) is 10.2. The summed E-state index contributed by atoms with van der Waals surface area (Å²) in [5, 5.41) is 8.89. The first kappa shape index (κ1) is 26.5. The predicted octanol–water partition coefficient (Wildman–Crippen LogP) is 3.67. The van der Waals surface area contributed by atoms with E-state index in [-0.39, 0.29) is 18.4 Å². The molecule has 39 heavy (non-hydrogen) atoms. The van der Waals surface area contributed by atoms with Gasteiger partial charge in [-0.1, -0.05) is 18.2 Å². The molecule has 1 saturated heterocycles. The van der Waals surface area contributed by atoms with E-state index >= 15 is 0 Å². The van der Waals surface area contributed by atoms with E-state index in [4.69, 9.17) is 9.47 Å². The number of carbonyl (C=O) groups excluding carboxylic acids is 2. The van der Waals surface area contributed by atoms with Gasteiger partial charge in [-0.05, 0) is 61.6 Å². The average molecular weight is 530 g/mol. The van der Waals surface area contributed by atoms with Crippen molar-refractivity contribution in [3.63, 3.8) is 0 Å². The number of nitrogens with zero attached hydrogens (tertiary/aromatic N) is 5. The SMILES string of the molecule is COc1ccc(-c2ccc(N3CCN(C(=O)CN(CC4CC4)C(=O)c4ccccc4C)CC3)nn2)c(OC)c1. The Hall–Kier alpha value is -4.14. The van der Waals surface area contributed by atoms with E-state index in [2.05, 4.69) is 15.1 Å². The normalized spacial score (nSPS) is 15.2. The van der Waals surface area contributed by atoms with Crippen LogP contribution < -0.4 is 14.4 Å². The van der Waals surface area contributed by atoms with Crippen molar-refractivity contribution < 1.29 is 19.1 Å². The average Bonchev–Trinajstić information content (AvgIpc) is 3.80. The van der Waals surface area contributed by atoms with Crippen molar-refractivity contribution in [1.29, 1.82) is 0 Å². The van der Waals surface area contributed by atoms with E-state index in [1.807, 2.05) is 66.4 Å². The van der Waals surface area contributed by atoms with Gasteiger partial charge < -0.3 is 24.2 Å². The number of anilines is 1. The molecule has 0 radical (unpaired) electrons. The lowest BCUT2D eigenvalue weighted by Gasteiger charge is -2.36. The first-order valence-electron chi connectivity index (χ1n) is 13.4. The third kappa shape index (κ3) is 6.13. The van der Waals surface area contributed by atoms with Gasteiger partial charge >= 0.3 is 0 Å². The van der Waals surface area contributed by atoms with Crippen LogP contribution in [-0.4, -0.2) is 85.3 Å². The van der Waals surface area contributed by atoms with Crippen LogP contribution in [0.15, 0.2) is 54.6 Å². The fourth-order valence-electron chi connectivity index (χ4n) is 4.91. The highest BCUT2D eigenvalue weighted by Crippen LogP contribution is 2.33. The molecule has 1 aromatic heterocycles. The Balaban J connectivity index is 1.19. The quantitative estimate of drug-likeness (QED) is 0.418. The first-order valence-corrected chi connectivity index (χ1v) is 13.4. The van der Waals surface area contributed by atoms with Gasteiger partial charge in [-0.25, -0.2) is 0 Å². The number of aromatic nitrogens is 2. The molecule has 0 N–H and O–H groups in total. The van der Waals surface area contributed by atoms with Crippen molar-refractivity contribution in [1.82, 2.24) is 20.0 Å². The van der Waals surface area contributed by atoms with Gasteiger partial charge in [-0.3, -0.25) is 9.59 Å².